The Morgan fingerprint density at radius 2 is 1.88 bits per heavy atom. The Kier molecular flexibility index (Phi) is 2.57. The summed E-state index contributed by atoms with van der Waals surface area (Å²) in [5.74, 6) is 4.01. The number of aromatic carboxylic acids is 1. The molecule has 0 bridgehead atoms. The molecule has 2 heteroatoms. The van der Waals surface area contributed by atoms with Crippen LogP contribution in [0.25, 0.3) is 10.8 Å². The molecule has 0 unspecified atom stereocenters. The highest BCUT2D eigenvalue weighted by atomic mass is 16.4. The van der Waals surface area contributed by atoms with Gasteiger partial charge < -0.3 is 5.11 Å². The third kappa shape index (κ3) is 1.85. The van der Waals surface area contributed by atoms with E-state index in [0.717, 1.165) is 16.3 Å². The normalized spacial score (nSPS) is 9.53. The van der Waals surface area contributed by atoms with E-state index in [1.54, 1.807) is 24.3 Å². The Balaban J connectivity index is 2.84. The summed E-state index contributed by atoms with van der Waals surface area (Å²) < 4.78 is 0. The van der Waals surface area contributed by atoms with Crippen LogP contribution in [-0.2, 0) is 0 Å². The first-order valence-electron chi connectivity index (χ1n) is 4.90. The summed E-state index contributed by atoms with van der Waals surface area (Å²) in [6.45, 7) is 0. The molecule has 2 aromatic carbocycles. The first kappa shape index (κ1) is 10.8. The zero-order valence-electron chi connectivity index (χ0n) is 8.90. The van der Waals surface area contributed by atoms with E-state index in [1.165, 1.54) is 6.07 Å². The lowest BCUT2D eigenvalue weighted by Gasteiger charge is -2.04. The van der Waals surface area contributed by atoms with Gasteiger partial charge in [-0.25, -0.2) is 4.79 Å². The van der Waals surface area contributed by atoms with E-state index in [9.17, 15) is 4.79 Å². The van der Waals surface area contributed by atoms with Gasteiger partial charge in [-0.3, -0.25) is 0 Å². The van der Waals surface area contributed by atoms with Crippen LogP contribution in [0.4, 0.5) is 0 Å². The molecule has 0 heterocycles. The minimum Gasteiger partial charge on any atom is -0.478 e. The van der Waals surface area contributed by atoms with Gasteiger partial charge in [-0.1, -0.05) is 17.9 Å². The van der Waals surface area contributed by atoms with Crippen LogP contribution in [0.5, 0.6) is 0 Å². The van der Waals surface area contributed by atoms with Crippen LogP contribution in [0, 0.1) is 24.7 Å². The molecule has 0 aliphatic heterocycles. The molecule has 0 spiro atoms. The summed E-state index contributed by atoms with van der Waals surface area (Å²) in [6.07, 6.45) is 10.7. The Bertz CT molecular complexity index is 697. The highest BCUT2D eigenvalue weighted by molar-refractivity contribution is 5.97. The van der Waals surface area contributed by atoms with E-state index < -0.39 is 5.97 Å². The highest BCUT2D eigenvalue weighted by Crippen LogP contribution is 2.22. The first-order valence-corrected chi connectivity index (χ1v) is 4.90. The number of terminal acetylenes is 2. The highest BCUT2D eigenvalue weighted by Gasteiger charge is 2.08. The van der Waals surface area contributed by atoms with Crippen LogP contribution in [0.3, 0.4) is 0 Å². The number of carboxylic acid groups (broad SMARTS) is 1. The summed E-state index contributed by atoms with van der Waals surface area (Å²) in [5.41, 5.74) is 1.44. The fraction of sp³-hybridized carbons (Fsp3) is 0. The Labute approximate surface area is 98.9 Å². The van der Waals surface area contributed by atoms with Crippen LogP contribution >= 0.6 is 0 Å². The lowest BCUT2D eigenvalue weighted by Crippen LogP contribution is -1.97. The summed E-state index contributed by atoms with van der Waals surface area (Å²) in [6, 6.07) is 8.38. The molecule has 0 atom stereocenters. The quantitative estimate of drug-likeness (QED) is 0.750. The number of benzene rings is 2. The van der Waals surface area contributed by atoms with Gasteiger partial charge in [-0.2, -0.15) is 0 Å². The second kappa shape index (κ2) is 4.04. The fourth-order valence-corrected chi connectivity index (χ4v) is 1.69. The first-order chi connectivity index (χ1) is 8.15. The van der Waals surface area contributed by atoms with E-state index in [0.29, 0.717) is 5.56 Å². The van der Waals surface area contributed by atoms with Gasteiger partial charge in [0.05, 0.1) is 5.56 Å². The lowest BCUT2D eigenvalue weighted by atomic mass is 9.99. The van der Waals surface area contributed by atoms with E-state index in [1.807, 2.05) is 0 Å². The molecule has 0 aliphatic carbocycles. The van der Waals surface area contributed by atoms with Gasteiger partial charge in [-0.15, -0.1) is 12.8 Å². The van der Waals surface area contributed by atoms with E-state index in [2.05, 4.69) is 11.8 Å². The van der Waals surface area contributed by atoms with Crippen LogP contribution < -0.4 is 0 Å². The van der Waals surface area contributed by atoms with Crippen molar-refractivity contribution in [3.63, 3.8) is 0 Å². The molecule has 2 rings (SSSR count). The minimum absolute atomic E-state index is 0.180. The van der Waals surface area contributed by atoms with Gasteiger partial charge in [-0.05, 0) is 35.0 Å². The molecule has 0 radical (unpaired) electrons. The molecule has 0 aliphatic rings. The topological polar surface area (TPSA) is 37.3 Å². The lowest BCUT2D eigenvalue weighted by molar-refractivity contribution is 0.0697. The van der Waals surface area contributed by atoms with E-state index >= 15 is 0 Å². The average Bonchev–Trinajstić information content (AvgIpc) is 2.36. The van der Waals surface area contributed by atoms with Crippen LogP contribution in [0.1, 0.15) is 21.5 Å². The van der Waals surface area contributed by atoms with Gasteiger partial charge in [0.15, 0.2) is 0 Å². The molecule has 0 fully saturated rings. The second-order valence-electron chi connectivity index (χ2n) is 3.55. The van der Waals surface area contributed by atoms with Crippen molar-refractivity contribution in [1.29, 1.82) is 0 Å². The number of fused-ring (bicyclic) bond motifs is 1. The molecule has 0 amide bonds. The molecular formula is C15H8O2. The molecule has 80 valence electrons. The number of rotatable bonds is 1. The Morgan fingerprint density at radius 1 is 1.12 bits per heavy atom. The average molecular weight is 220 g/mol. The number of carbonyl (C=O) groups is 1. The molecular weight excluding hydrogens is 212 g/mol. The smallest absolute Gasteiger partial charge is 0.335 e. The van der Waals surface area contributed by atoms with E-state index in [-0.39, 0.29) is 5.56 Å². The summed E-state index contributed by atoms with van der Waals surface area (Å²) in [4.78, 5) is 10.9. The fourth-order valence-electron chi connectivity index (χ4n) is 1.69. The third-order valence-electron chi connectivity index (χ3n) is 2.52. The van der Waals surface area contributed by atoms with Crippen molar-refractivity contribution in [3.8, 4) is 24.7 Å². The van der Waals surface area contributed by atoms with Crippen molar-refractivity contribution in [2.24, 2.45) is 0 Å². The monoisotopic (exact) mass is 220 g/mol. The van der Waals surface area contributed by atoms with Crippen LogP contribution in [0.2, 0.25) is 0 Å². The van der Waals surface area contributed by atoms with Gasteiger partial charge in [0.25, 0.3) is 0 Å². The SMILES string of the molecule is C#Cc1ccc2cc(C(=O)O)cc(C#C)c2c1. The van der Waals surface area contributed by atoms with Crippen LogP contribution in [0.15, 0.2) is 30.3 Å². The standard InChI is InChI=1S/C15H8O2/c1-3-10-5-6-12-9-13(15(16)17)8-11(4-2)14(12)7-10/h1-2,5-9H,(H,16,17). The molecule has 0 aromatic heterocycles. The predicted octanol–water partition coefficient (Wildman–Crippen LogP) is 2.50. The van der Waals surface area contributed by atoms with Crippen molar-refractivity contribution in [3.05, 3.63) is 47.0 Å². The largest absolute Gasteiger partial charge is 0.478 e. The maximum absolute atomic E-state index is 10.9. The van der Waals surface area contributed by atoms with Crippen molar-refractivity contribution >= 4 is 16.7 Å². The predicted molar refractivity (Wildman–Crippen MR) is 66.8 cm³/mol. The van der Waals surface area contributed by atoms with E-state index in [4.69, 9.17) is 18.0 Å². The zero-order chi connectivity index (χ0) is 12.4. The van der Waals surface area contributed by atoms with Crippen molar-refractivity contribution < 1.29 is 9.90 Å². The van der Waals surface area contributed by atoms with Crippen LogP contribution in [-0.4, -0.2) is 11.1 Å². The summed E-state index contributed by atoms with van der Waals surface area (Å²) in [5, 5.41) is 10.5. The van der Waals surface area contributed by atoms with Gasteiger partial charge in [0.2, 0.25) is 0 Å². The van der Waals surface area contributed by atoms with Crippen molar-refractivity contribution in [1.82, 2.24) is 0 Å². The maximum atomic E-state index is 10.9. The minimum atomic E-state index is -0.996. The Hall–Kier alpha value is -2.71. The summed E-state index contributed by atoms with van der Waals surface area (Å²) in [7, 11) is 0. The molecule has 2 nitrogen and oxygen atoms in total. The van der Waals surface area contributed by atoms with Gasteiger partial charge >= 0.3 is 5.97 Å². The number of hydrogen-bond donors (Lipinski definition) is 1. The second-order valence-corrected chi connectivity index (χ2v) is 3.55. The maximum Gasteiger partial charge on any atom is 0.335 e. The number of carboxylic acids is 1. The van der Waals surface area contributed by atoms with Gasteiger partial charge in [0.1, 0.15) is 0 Å². The zero-order valence-corrected chi connectivity index (χ0v) is 8.90. The Morgan fingerprint density at radius 3 is 2.47 bits per heavy atom. The molecule has 1 N–H and O–H groups in total. The van der Waals surface area contributed by atoms with Crippen molar-refractivity contribution in [2.75, 3.05) is 0 Å². The number of hydrogen-bond acceptors (Lipinski definition) is 1. The summed E-state index contributed by atoms with van der Waals surface area (Å²) >= 11 is 0. The molecule has 2 aromatic rings. The molecule has 0 saturated heterocycles. The molecule has 0 saturated carbocycles. The molecule has 17 heavy (non-hydrogen) atoms. The van der Waals surface area contributed by atoms with Crippen molar-refractivity contribution in [2.45, 2.75) is 0 Å². The third-order valence-corrected chi connectivity index (χ3v) is 2.52. The van der Waals surface area contributed by atoms with Gasteiger partial charge in [0, 0.05) is 11.1 Å².